The van der Waals surface area contributed by atoms with Crippen molar-refractivity contribution < 1.29 is 19.1 Å². The molecule has 1 aliphatic carbocycles. The van der Waals surface area contributed by atoms with Crippen LogP contribution in [-0.4, -0.2) is 61.7 Å². The molecule has 2 aliphatic heterocycles. The Morgan fingerprint density at radius 2 is 2.23 bits per heavy atom. The first-order chi connectivity index (χ1) is 12.7. The highest BCUT2D eigenvalue weighted by molar-refractivity contribution is 5.95. The highest BCUT2D eigenvalue weighted by atomic mass is 16.5. The van der Waals surface area contributed by atoms with E-state index in [0.717, 1.165) is 31.3 Å². The molecule has 140 valence electrons. The summed E-state index contributed by atoms with van der Waals surface area (Å²) in [6.45, 7) is 3.29. The van der Waals surface area contributed by atoms with Crippen molar-refractivity contribution in [2.24, 2.45) is 0 Å². The highest BCUT2D eigenvalue weighted by Gasteiger charge is 2.32. The molecule has 2 N–H and O–H groups in total. The fourth-order valence-corrected chi connectivity index (χ4v) is 3.50. The van der Waals surface area contributed by atoms with E-state index in [1.807, 2.05) is 18.2 Å². The van der Waals surface area contributed by atoms with Crippen LogP contribution in [0.1, 0.15) is 24.8 Å². The molecule has 1 aromatic rings. The summed E-state index contributed by atoms with van der Waals surface area (Å²) < 4.78 is 11.1. The average Bonchev–Trinajstić information content (AvgIpc) is 3.50. The lowest BCUT2D eigenvalue weighted by molar-refractivity contribution is -0.122. The van der Waals surface area contributed by atoms with Crippen LogP contribution in [0.5, 0.6) is 5.75 Å². The van der Waals surface area contributed by atoms with Crippen molar-refractivity contribution in [3.63, 3.8) is 0 Å². The molecule has 0 aromatic heterocycles. The van der Waals surface area contributed by atoms with E-state index in [1.165, 1.54) is 12.8 Å². The maximum atomic E-state index is 12.2. The molecule has 1 atom stereocenters. The average molecular weight is 359 g/mol. The van der Waals surface area contributed by atoms with E-state index in [0.29, 0.717) is 30.8 Å². The molecule has 0 unspecified atom stereocenters. The van der Waals surface area contributed by atoms with Crippen molar-refractivity contribution in [1.82, 2.24) is 10.2 Å². The molecule has 4 rings (SSSR count). The summed E-state index contributed by atoms with van der Waals surface area (Å²) in [7, 11) is 0. The van der Waals surface area contributed by atoms with Crippen LogP contribution >= 0.6 is 0 Å². The van der Waals surface area contributed by atoms with Crippen LogP contribution in [0.25, 0.3) is 0 Å². The number of anilines is 1. The number of morpholine rings is 1. The van der Waals surface area contributed by atoms with Gasteiger partial charge in [0.15, 0.2) is 6.61 Å². The summed E-state index contributed by atoms with van der Waals surface area (Å²) in [6.07, 6.45) is 3.71. The van der Waals surface area contributed by atoms with Gasteiger partial charge >= 0.3 is 0 Å². The van der Waals surface area contributed by atoms with Gasteiger partial charge in [-0.1, -0.05) is 6.07 Å². The molecule has 2 heterocycles. The van der Waals surface area contributed by atoms with Gasteiger partial charge in [0.25, 0.3) is 5.91 Å². The van der Waals surface area contributed by atoms with Crippen molar-refractivity contribution in [1.29, 1.82) is 0 Å². The van der Waals surface area contributed by atoms with Gasteiger partial charge in [-0.2, -0.15) is 0 Å². The van der Waals surface area contributed by atoms with E-state index < -0.39 is 0 Å². The minimum atomic E-state index is -0.153. The fraction of sp³-hybridized carbons (Fsp3) is 0.579. The molecular formula is C19H25N3O4. The summed E-state index contributed by atoms with van der Waals surface area (Å²) in [5.74, 6) is 0.544. The molecule has 2 fully saturated rings. The Bertz CT molecular complexity index is 689. The number of benzene rings is 1. The summed E-state index contributed by atoms with van der Waals surface area (Å²) in [4.78, 5) is 26.0. The zero-order valence-electron chi connectivity index (χ0n) is 14.8. The predicted molar refractivity (Wildman–Crippen MR) is 96.2 cm³/mol. The lowest BCUT2D eigenvalue weighted by Crippen LogP contribution is -2.48. The Morgan fingerprint density at radius 1 is 1.35 bits per heavy atom. The van der Waals surface area contributed by atoms with Crippen LogP contribution in [0.3, 0.4) is 0 Å². The first-order valence-electron chi connectivity index (χ1n) is 9.35. The summed E-state index contributed by atoms with van der Waals surface area (Å²) in [5, 5.41) is 5.78. The van der Waals surface area contributed by atoms with Gasteiger partial charge < -0.3 is 20.1 Å². The molecule has 0 radical (unpaired) electrons. The van der Waals surface area contributed by atoms with Gasteiger partial charge in [-0.05, 0) is 37.0 Å². The minimum Gasteiger partial charge on any atom is -0.482 e. The number of nitrogens with zero attached hydrogens (tertiary/aromatic N) is 1. The summed E-state index contributed by atoms with van der Waals surface area (Å²) >= 11 is 0. The predicted octanol–water partition coefficient (Wildman–Crippen LogP) is 0.929. The SMILES string of the molecule is O=C(CCc1ccc2c(c1)NC(=O)CO2)NC[C@H]1CN(C2CC2)CCO1. The van der Waals surface area contributed by atoms with Crippen molar-refractivity contribution in [2.45, 2.75) is 37.8 Å². The lowest BCUT2D eigenvalue weighted by Gasteiger charge is -2.33. The Labute approximate surface area is 153 Å². The number of nitrogens with one attached hydrogen (secondary N) is 2. The number of aryl methyl sites for hydroxylation is 1. The van der Waals surface area contributed by atoms with Crippen LogP contribution in [0.4, 0.5) is 5.69 Å². The Balaban J connectivity index is 1.21. The van der Waals surface area contributed by atoms with Crippen LogP contribution in [0.15, 0.2) is 18.2 Å². The van der Waals surface area contributed by atoms with E-state index in [9.17, 15) is 9.59 Å². The quantitative estimate of drug-likeness (QED) is 0.790. The number of ether oxygens (including phenoxy) is 2. The van der Waals surface area contributed by atoms with Gasteiger partial charge in [-0.25, -0.2) is 0 Å². The van der Waals surface area contributed by atoms with Gasteiger partial charge in [0.1, 0.15) is 5.75 Å². The number of fused-ring (bicyclic) bond motifs is 1. The van der Waals surface area contributed by atoms with E-state index in [2.05, 4.69) is 15.5 Å². The summed E-state index contributed by atoms with van der Waals surface area (Å²) in [6, 6.07) is 6.38. The van der Waals surface area contributed by atoms with E-state index in [4.69, 9.17) is 9.47 Å². The Hall–Kier alpha value is -2.12. The maximum absolute atomic E-state index is 12.2. The standard InChI is InChI=1S/C19H25N3O4/c23-18(20-10-15-11-22(7-8-25-15)14-3-4-14)6-2-13-1-5-17-16(9-13)21-19(24)12-26-17/h1,5,9,14-15H,2-4,6-8,10-12H2,(H,20,23)(H,21,24)/t15-/m0/s1. The number of hydrogen-bond donors (Lipinski definition) is 2. The van der Waals surface area contributed by atoms with Gasteiger partial charge in [-0.15, -0.1) is 0 Å². The molecule has 7 heteroatoms. The number of carbonyl (C=O) groups excluding carboxylic acids is 2. The van der Waals surface area contributed by atoms with Crippen LogP contribution < -0.4 is 15.4 Å². The normalized spacial score (nSPS) is 22.9. The minimum absolute atomic E-state index is 0.0233. The second kappa shape index (κ2) is 7.63. The fourth-order valence-electron chi connectivity index (χ4n) is 3.50. The van der Waals surface area contributed by atoms with E-state index >= 15 is 0 Å². The molecular weight excluding hydrogens is 334 g/mol. The van der Waals surface area contributed by atoms with E-state index in [1.54, 1.807) is 0 Å². The lowest BCUT2D eigenvalue weighted by atomic mass is 10.1. The smallest absolute Gasteiger partial charge is 0.262 e. The molecule has 1 aromatic carbocycles. The molecule has 0 spiro atoms. The maximum Gasteiger partial charge on any atom is 0.262 e. The number of rotatable bonds is 6. The number of carbonyl (C=O) groups is 2. The van der Waals surface area contributed by atoms with Gasteiger partial charge in [0, 0.05) is 32.1 Å². The number of hydrogen-bond acceptors (Lipinski definition) is 5. The molecule has 26 heavy (non-hydrogen) atoms. The Kier molecular flexibility index (Phi) is 5.08. The zero-order chi connectivity index (χ0) is 17.9. The van der Waals surface area contributed by atoms with Crippen LogP contribution in [-0.2, 0) is 20.7 Å². The molecule has 7 nitrogen and oxygen atoms in total. The third-order valence-corrected chi connectivity index (χ3v) is 5.08. The molecule has 2 amide bonds. The first-order valence-corrected chi connectivity index (χ1v) is 9.35. The van der Waals surface area contributed by atoms with Crippen molar-refractivity contribution in [2.75, 3.05) is 38.2 Å². The molecule has 1 saturated heterocycles. The molecule has 0 bridgehead atoms. The second-order valence-corrected chi connectivity index (χ2v) is 7.19. The first kappa shape index (κ1) is 17.3. The Morgan fingerprint density at radius 3 is 3.08 bits per heavy atom. The van der Waals surface area contributed by atoms with E-state index in [-0.39, 0.29) is 24.5 Å². The van der Waals surface area contributed by atoms with Crippen LogP contribution in [0, 0.1) is 0 Å². The number of amides is 2. The largest absolute Gasteiger partial charge is 0.482 e. The van der Waals surface area contributed by atoms with Gasteiger partial charge in [0.2, 0.25) is 5.91 Å². The topological polar surface area (TPSA) is 79.9 Å². The summed E-state index contributed by atoms with van der Waals surface area (Å²) in [5.41, 5.74) is 1.67. The van der Waals surface area contributed by atoms with Crippen LogP contribution in [0.2, 0.25) is 0 Å². The molecule has 3 aliphatic rings. The second-order valence-electron chi connectivity index (χ2n) is 7.19. The third kappa shape index (κ3) is 4.34. The third-order valence-electron chi connectivity index (χ3n) is 5.08. The van der Waals surface area contributed by atoms with Gasteiger partial charge in [0.05, 0.1) is 18.4 Å². The zero-order valence-corrected chi connectivity index (χ0v) is 14.8. The highest BCUT2D eigenvalue weighted by Crippen LogP contribution is 2.29. The monoisotopic (exact) mass is 359 g/mol. The van der Waals surface area contributed by atoms with Crippen molar-refractivity contribution in [3.05, 3.63) is 23.8 Å². The van der Waals surface area contributed by atoms with Crippen molar-refractivity contribution >= 4 is 17.5 Å². The van der Waals surface area contributed by atoms with Crippen molar-refractivity contribution in [3.8, 4) is 5.75 Å². The molecule has 1 saturated carbocycles. The van der Waals surface area contributed by atoms with Gasteiger partial charge in [-0.3, -0.25) is 14.5 Å².